The summed E-state index contributed by atoms with van der Waals surface area (Å²) >= 11 is 0. The minimum atomic E-state index is -4.27. The molecule has 0 spiro atoms. The van der Waals surface area contributed by atoms with Gasteiger partial charge in [0, 0.05) is 18.3 Å². The molecule has 1 saturated heterocycles. The van der Waals surface area contributed by atoms with E-state index >= 15 is 0 Å². The van der Waals surface area contributed by atoms with Gasteiger partial charge in [0.2, 0.25) is 15.9 Å². The van der Waals surface area contributed by atoms with Crippen LogP contribution in [0.1, 0.15) is 6.42 Å². The summed E-state index contributed by atoms with van der Waals surface area (Å²) in [6.07, 6.45) is 0.174. The van der Waals surface area contributed by atoms with Gasteiger partial charge in [0.15, 0.2) is 0 Å². The first-order chi connectivity index (χ1) is 11.8. The molecule has 0 bridgehead atoms. The summed E-state index contributed by atoms with van der Waals surface area (Å²) in [7, 11) is -4.27. The Morgan fingerprint density at radius 3 is 2.16 bits per heavy atom. The van der Waals surface area contributed by atoms with E-state index in [-0.39, 0.29) is 13.0 Å². The fourth-order valence-corrected chi connectivity index (χ4v) is 3.87. The third-order valence-electron chi connectivity index (χ3n) is 3.79. The smallest absolute Gasteiger partial charge is 0.245 e. The van der Waals surface area contributed by atoms with Crippen LogP contribution < -0.4 is 9.62 Å². The minimum absolute atomic E-state index is 0.174. The van der Waals surface area contributed by atoms with Crippen LogP contribution in [0.15, 0.2) is 47.4 Å². The van der Waals surface area contributed by atoms with Crippen LogP contribution in [-0.4, -0.2) is 26.9 Å². The topological polar surface area (TPSA) is 66.5 Å². The lowest BCUT2D eigenvalue weighted by atomic mass is 10.3. The van der Waals surface area contributed by atoms with Crippen molar-refractivity contribution in [2.24, 2.45) is 0 Å². The predicted molar refractivity (Wildman–Crippen MR) is 83.8 cm³/mol. The molecule has 0 saturated carbocycles. The number of anilines is 1. The number of halogens is 3. The lowest BCUT2D eigenvalue weighted by Crippen LogP contribution is -2.41. The molecule has 3 rings (SSSR count). The average molecular weight is 370 g/mol. The van der Waals surface area contributed by atoms with Crippen LogP contribution >= 0.6 is 0 Å². The van der Waals surface area contributed by atoms with Crippen molar-refractivity contribution in [3.63, 3.8) is 0 Å². The van der Waals surface area contributed by atoms with E-state index in [4.69, 9.17) is 0 Å². The van der Waals surface area contributed by atoms with Crippen LogP contribution in [-0.2, 0) is 14.8 Å². The van der Waals surface area contributed by atoms with Gasteiger partial charge >= 0.3 is 0 Å². The average Bonchev–Trinajstić information content (AvgIpc) is 2.88. The first-order valence-corrected chi connectivity index (χ1v) is 8.80. The van der Waals surface area contributed by atoms with Gasteiger partial charge in [0.05, 0.1) is 4.90 Å². The summed E-state index contributed by atoms with van der Waals surface area (Å²) in [4.78, 5) is 13.1. The number of hydrogen-bond acceptors (Lipinski definition) is 3. The summed E-state index contributed by atoms with van der Waals surface area (Å²) in [6.45, 7) is 0.231. The van der Waals surface area contributed by atoms with Crippen molar-refractivity contribution in [2.45, 2.75) is 17.4 Å². The molecular formula is C16H13F3N2O3S. The Morgan fingerprint density at radius 2 is 1.56 bits per heavy atom. The number of carbonyl (C=O) groups excluding carboxylic acids is 1. The molecule has 1 fully saturated rings. The Balaban J connectivity index is 1.79. The van der Waals surface area contributed by atoms with Crippen LogP contribution in [0.4, 0.5) is 18.9 Å². The summed E-state index contributed by atoms with van der Waals surface area (Å²) in [5.74, 6) is -3.05. The number of sulfonamides is 1. The Bertz CT molecular complexity index is 896. The third kappa shape index (κ3) is 3.67. The lowest BCUT2D eigenvalue weighted by molar-refractivity contribution is -0.118. The van der Waals surface area contributed by atoms with Gasteiger partial charge in [-0.15, -0.1) is 0 Å². The van der Waals surface area contributed by atoms with Crippen molar-refractivity contribution >= 4 is 21.6 Å². The summed E-state index contributed by atoms with van der Waals surface area (Å²) < 4.78 is 66.1. The van der Waals surface area contributed by atoms with E-state index in [0.717, 1.165) is 0 Å². The van der Waals surface area contributed by atoms with Crippen LogP contribution in [0, 0.1) is 17.5 Å². The van der Waals surface area contributed by atoms with Crippen molar-refractivity contribution < 1.29 is 26.4 Å². The van der Waals surface area contributed by atoms with Crippen molar-refractivity contribution in [3.05, 3.63) is 59.9 Å². The fourth-order valence-electron chi connectivity index (χ4n) is 2.61. The van der Waals surface area contributed by atoms with Crippen molar-refractivity contribution in [1.82, 2.24) is 4.72 Å². The number of hydrogen-bond donors (Lipinski definition) is 1. The van der Waals surface area contributed by atoms with E-state index in [9.17, 15) is 26.4 Å². The molecule has 1 N–H and O–H groups in total. The zero-order valence-corrected chi connectivity index (χ0v) is 13.6. The standard InChI is InChI=1S/C16H13F3N2O3S/c17-10-1-3-13(4-2-10)21-6-5-15(16(21)22)20-25(23,24)14-8-11(18)7-12(19)9-14/h1-4,7-9,15,20H,5-6H2/t15-/m0/s1. The second kappa shape index (κ2) is 6.49. The minimum Gasteiger partial charge on any atom is -0.311 e. The lowest BCUT2D eigenvalue weighted by Gasteiger charge is -2.17. The Labute approximate surface area is 142 Å². The molecule has 9 heteroatoms. The van der Waals surface area contributed by atoms with Gasteiger partial charge in [-0.2, -0.15) is 4.72 Å². The Kier molecular flexibility index (Phi) is 4.53. The highest BCUT2D eigenvalue weighted by Gasteiger charge is 2.35. The molecule has 1 heterocycles. The number of rotatable bonds is 4. The van der Waals surface area contributed by atoms with Gasteiger partial charge in [0.25, 0.3) is 0 Å². The van der Waals surface area contributed by atoms with Crippen molar-refractivity contribution in [1.29, 1.82) is 0 Å². The SMILES string of the molecule is O=C1[C@@H](NS(=O)(=O)c2cc(F)cc(F)c2)CCN1c1ccc(F)cc1. The normalized spacial score (nSPS) is 18.0. The van der Waals surface area contributed by atoms with Crippen molar-refractivity contribution in [2.75, 3.05) is 11.4 Å². The number of amides is 1. The number of nitrogens with one attached hydrogen (secondary N) is 1. The van der Waals surface area contributed by atoms with E-state index in [1.54, 1.807) is 0 Å². The van der Waals surface area contributed by atoms with Gasteiger partial charge < -0.3 is 4.90 Å². The summed E-state index contributed by atoms with van der Waals surface area (Å²) in [5, 5.41) is 0. The maximum absolute atomic E-state index is 13.2. The molecule has 5 nitrogen and oxygen atoms in total. The molecule has 25 heavy (non-hydrogen) atoms. The van der Waals surface area contributed by atoms with Crippen LogP contribution in [0.25, 0.3) is 0 Å². The molecule has 1 atom stereocenters. The molecule has 1 amide bonds. The first-order valence-electron chi connectivity index (χ1n) is 7.32. The quantitative estimate of drug-likeness (QED) is 0.897. The molecule has 1 aliphatic rings. The summed E-state index contributed by atoms with van der Waals surface area (Å²) in [6, 6.07) is 6.02. The van der Waals surface area contributed by atoms with E-state index in [1.165, 1.54) is 29.2 Å². The molecular weight excluding hydrogens is 357 g/mol. The third-order valence-corrected chi connectivity index (χ3v) is 5.24. The molecule has 2 aromatic rings. The maximum Gasteiger partial charge on any atom is 0.245 e. The van der Waals surface area contributed by atoms with Gasteiger partial charge in [-0.05, 0) is 42.8 Å². The number of benzene rings is 2. The van der Waals surface area contributed by atoms with Crippen LogP contribution in [0.5, 0.6) is 0 Å². The first kappa shape index (κ1) is 17.4. The molecule has 0 aromatic heterocycles. The number of nitrogens with zero attached hydrogens (tertiary/aromatic N) is 1. The molecule has 0 unspecified atom stereocenters. The largest absolute Gasteiger partial charge is 0.311 e. The predicted octanol–water partition coefficient (Wildman–Crippen LogP) is 2.19. The molecule has 2 aromatic carbocycles. The highest BCUT2D eigenvalue weighted by molar-refractivity contribution is 7.89. The van der Waals surface area contributed by atoms with E-state index in [0.29, 0.717) is 23.9 Å². The van der Waals surface area contributed by atoms with Gasteiger partial charge in [-0.25, -0.2) is 21.6 Å². The molecule has 1 aliphatic heterocycles. The Hall–Kier alpha value is -2.39. The number of carbonyl (C=O) groups is 1. The highest BCUT2D eigenvalue weighted by atomic mass is 32.2. The zero-order valence-electron chi connectivity index (χ0n) is 12.7. The zero-order chi connectivity index (χ0) is 18.2. The van der Waals surface area contributed by atoms with E-state index in [1.807, 2.05) is 0 Å². The second-order valence-electron chi connectivity index (χ2n) is 5.53. The van der Waals surface area contributed by atoms with Crippen LogP contribution in [0.3, 0.4) is 0 Å². The summed E-state index contributed by atoms with van der Waals surface area (Å²) in [5.41, 5.74) is 0.435. The van der Waals surface area contributed by atoms with Gasteiger partial charge in [0.1, 0.15) is 23.5 Å². The van der Waals surface area contributed by atoms with Gasteiger partial charge in [-0.1, -0.05) is 0 Å². The molecule has 0 radical (unpaired) electrons. The van der Waals surface area contributed by atoms with Crippen molar-refractivity contribution in [3.8, 4) is 0 Å². The second-order valence-corrected chi connectivity index (χ2v) is 7.25. The van der Waals surface area contributed by atoms with E-state index in [2.05, 4.69) is 4.72 Å². The fraction of sp³-hybridized carbons (Fsp3) is 0.188. The monoisotopic (exact) mass is 370 g/mol. The van der Waals surface area contributed by atoms with Gasteiger partial charge in [-0.3, -0.25) is 4.79 Å². The molecule has 132 valence electrons. The van der Waals surface area contributed by atoms with E-state index < -0.39 is 44.3 Å². The molecule has 0 aliphatic carbocycles. The Morgan fingerprint density at radius 1 is 0.960 bits per heavy atom. The van der Waals surface area contributed by atoms with Crippen LogP contribution in [0.2, 0.25) is 0 Å². The maximum atomic E-state index is 13.2. The highest BCUT2D eigenvalue weighted by Crippen LogP contribution is 2.23.